The lowest BCUT2D eigenvalue weighted by Crippen LogP contribution is -2.46. The van der Waals surface area contributed by atoms with Gasteiger partial charge in [-0.25, -0.2) is 4.79 Å². The Kier molecular flexibility index (Phi) is 5.14. The van der Waals surface area contributed by atoms with E-state index in [1.165, 1.54) is 0 Å². The number of rotatable bonds is 4. The molecule has 0 aliphatic carbocycles. The van der Waals surface area contributed by atoms with Gasteiger partial charge in [-0.05, 0) is 13.8 Å². The third-order valence-electron chi connectivity index (χ3n) is 1.89. The summed E-state index contributed by atoms with van der Waals surface area (Å²) in [6.07, 6.45) is -0.0743. The number of carbonyl (C=O) groups excluding carboxylic acids is 1. The van der Waals surface area contributed by atoms with Gasteiger partial charge in [0.1, 0.15) is 0 Å². The van der Waals surface area contributed by atoms with Crippen molar-refractivity contribution in [2.24, 2.45) is 0 Å². The monoisotopic (exact) mass is 186 g/mol. The molecular formula is C9H18N2O2. The van der Waals surface area contributed by atoms with E-state index in [2.05, 4.69) is 17.2 Å². The normalized spacial score (nSPS) is 14.5. The molecule has 0 spiro atoms. The van der Waals surface area contributed by atoms with Crippen LogP contribution in [0.15, 0.2) is 12.2 Å². The van der Waals surface area contributed by atoms with Crippen molar-refractivity contribution in [2.75, 3.05) is 14.2 Å². The first kappa shape index (κ1) is 12.0. The highest BCUT2D eigenvalue weighted by molar-refractivity contribution is 5.74. The molecule has 0 aromatic carbocycles. The van der Waals surface area contributed by atoms with Crippen molar-refractivity contribution in [1.82, 2.24) is 10.6 Å². The Hall–Kier alpha value is -1.03. The highest BCUT2D eigenvalue weighted by atomic mass is 16.5. The molecule has 2 N–H and O–H groups in total. The molecule has 0 fully saturated rings. The van der Waals surface area contributed by atoms with Gasteiger partial charge in [0.2, 0.25) is 0 Å². The molecule has 76 valence electrons. The van der Waals surface area contributed by atoms with E-state index in [4.69, 9.17) is 4.74 Å². The van der Waals surface area contributed by atoms with E-state index in [0.29, 0.717) is 0 Å². The Morgan fingerprint density at radius 2 is 2.08 bits per heavy atom. The van der Waals surface area contributed by atoms with Gasteiger partial charge in [0.05, 0.1) is 12.1 Å². The van der Waals surface area contributed by atoms with Gasteiger partial charge in [0.15, 0.2) is 0 Å². The number of hydrogen-bond acceptors (Lipinski definition) is 2. The minimum atomic E-state index is -0.225. The van der Waals surface area contributed by atoms with Gasteiger partial charge < -0.3 is 15.4 Å². The molecule has 2 atom stereocenters. The number of carbonyl (C=O) groups is 1. The second-order valence-electron chi connectivity index (χ2n) is 2.99. The molecule has 0 aliphatic heterocycles. The number of nitrogens with one attached hydrogen (secondary N) is 2. The van der Waals surface area contributed by atoms with E-state index in [-0.39, 0.29) is 18.2 Å². The summed E-state index contributed by atoms with van der Waals surface area (Å²) in [7, 11) is 3.18. The average molecular weight is 186 g/mol. The Morgan fingerprint density at radius 3 is 2.38 bits per heavy atom. The molecule has 4 nitrogen and oxygen atoms in total. The lowest BCUT2D eigenvalue weighted by atomic mass is 10.1. The highest BCUT2D eigenvalue weighted by Crippen LogP contribution is 2.06. The van der Waals surface area contributed by atoms with Crippen molar-refractivity contribution in [1.29, 1.82) is 0 Å². The molecule has 13 heavy (non-hydrogen) atoms. The number of urea groups is 1. The molecule has 0 saturated carbocycles. The Morgan fingerprint density at radius 1 is 1.54 bits per heavy atom. The largest absolute Gasteiger partial charge is 0.379 e. The average Bonchev–Trinajstić information content (AvgIpc) is 2.11. The van der Waals surface area contributed by atoms with Crippen molar-refractivity contribution >= 4 is 6.03 Å². The first-order valence-electron chi connectivity index (χ1n) is 4.19. The predicted molar refractivity (Wildman–Crippen MR) is 52.7 cm³/mol. The van der Waals surface area contributed by atoms with Crippen LogP contribution in [-0.4, -0.2) is 32.3 Å². The molecule has 4 heteroatoms. The number of ether oxygens (including phenoxy) is 1. The molecule has 0 rings (SSSR count). The van der Waals surface area contributed by atoms with Crippen LogP contribution in [0.3, 0.4) is 0 Å². The maximum Gasteiger partial charge on any atom is 0.315 e. The summed E-state index contributed by atoms with van der Waals surface area (Å²) in [5.41, 5.74) is 0.873. The van der Waals surface area contributed by atoms with Crippen LogP contribution in [0.1, 0.15) is 13.8 Å². The standard InChI is InChI=1S/C9H18N2O2/c1-6(2)8(7(3)13-5)11-9(12)10-4/h7-8H,1H2,2-5H3,(H2,10,11,12). The van der Waals surface area contributed by atoms with Crippen LogP contribution in [0.25, 0.3) is 0 Å². The van der Waals surface area contributed by atoms with Gasteiger partial charge in [-0.1, -0.05) is 12.2 Å². The molecule has 0 saturated heterocycles. The SMILES string of the molecule is C=C(C)C(NC(=O)NC)C(C)OC. The van der Waals surface area contributed by atoms with E-state index in [9.17, 15) is 4.79 Å². The lowest BCUT2D eigenvalue weighted by molar-refractivity contribution is 0.0961. The lowest BCUT2D eigenvalue weighted by Gasteiger charge is -2.24. The fraction of sp³-hybridized carbons (Fsp3) is 0.667. The van der Waals surface area contributed by atoms with E-state index in [0.717, 1.165) is 5.57 Å². The fourth-order valence-corrected chi connectivity index (χ4v) is 0.991. The van der Waals surface area contributed by atoms with Gasteiger partial charge >= 0.3 is 6.03 Å². The summed E-state index contributed by atoms with van der Waals surface area (Å²) >= 11 is 0. The van der Waals surface area contributed by atoms with Crippen LogP contribution in [-0.2, 0) is 4.74 Å². The number of hydrogen-bond donors (Lipinski definition) is 2. The third kappa shape index (κ3) is 3.94. The summed E-state index contributed by atoms with van der Waals surface area (Å²) in [5, 5.41) is 5.22. The van der Waals surface area contributed by atoms with Gasteiger partial charge in [-0.15, -0.1) is 0 Å². The molecule has 0 bridgehead atoms. The molecular weight excluding hydrogens is 168 g/mol. The van der Waals surface area contributed by atoms with Crippen LogP contribution in [0, 0.1) is 0 Å². The van der Waals surface area contributed by atoms with Gasteiger partial charge in [-0.2, -0.15) is 0 Å². The van der Waals surface area contributed by atoms with Gasteiger partial charge in [0.25, 0.3) is 0 Å². The Balaban J connectivity index is 4.26. The maximum absolute atomic E-state index is 11.0. The van der Waals surface area contributed by atoms with Crippen LogP contribution < -0.4 is 10.6 Å². The molecule has 2 amide bonds. The Labute approximate surface area is 79.3 Å². The first-order chi connectivity index (χ1) is 6.02. The second kappa shape index (κ2) is 5.59. The van der Waals surface area contributed by atoms with E-state index < -0.39 is 0 Å². The van der Waals surface area contributed by atoms with E-state index in [1.54, 1.807) is 14.2 Å². The fourth-order valence-electron chi connectivity index (χ4n) is 0.991. The zero-order valence-corrected chi connectivity index (χ0v) is 8.68. The van der Waals surface area contributed by atoms with Crippen LogP contribution >= 0.6 is 0 Å². The highest BCUT2D eigenvalue weighted by Gasteiger charge is 2.18. The molecule has 2 unspecified atom stereocenters. The summed E-state index contributed by atoms with van der Waals surface area (Å²) in [5.74, 6) is 0. The minimum Gasteiger partial charge on any atom is -0.379 e. The quantitative estimate of drug-likeness (QED) is 0.641. The maximum atomic E-state index is 11.0. The molecule has 0 heterocycles. The van der Waals surface area contributed by atoms with Crippen LogP contribution in [0.4, 0.5) is 4.79 Å². The second-order valence-corrected chi connectivity index (χ2v) is 2.99. The minimum absolute atomic E-state index is 0.0743. The smallest absolute Gasteiger partial charge is 0.315 e. The van der Waals surface area contributed by atoms with E-state index in [1.807, 2.05) is 13.8 Å². The topological polar surface area (TPSA) is 50.4 Å². The predicted octanol–water partition coefficient (Wildman–Crippen LogP) is 0.895. The van der Waals surface area contributed by atoms with Crippen molar-refractivity contribution in [2.45, 2.75) is 26.0 Å². The first-order valence-corrected chi connectivity index (χ1v) is 4.19. The van der Waals surface area contributed by atoms with Crippen LogP contribution in [0.5, 0.6) is 0 Å². The molecule has 0 aromatic rings. The molecule has 0 aromatic heterocycles. The number of amides is 2. The summed E-state index contributed by atoms with van der Waals surface area (Å²) in [4.78, 5) is 11.0. The van der Waals surface area contributed by atoms with Crippen molar-refractivity contribution < 1.29 is 9.53 Å². The zero-order chi connectivity index (χ0) is 10.4. The number of methoxy groups -OCH3 is 1. The molecule has 0 aliphatic rings. The van der Waals surface area contributed by atoms with Crippen LogP contribution in [0.2, 0.25) is 0 Å². The summed E-state index contributed by atoms with van der Waals surface area (Å²) < 4.78 is 5.12. The third-order valence-corrected chi connectivity index (χ3v) is 1.89. The van der Waals surface area contributed by atoms with Crippen molar-refractivity contribution in [3.05, 3.63) is 12.2 Å². The molecule has 0 radical (unpaired) electrons. The van der Waals surface area contributed by atoms with E-state index >= 15 is 0 Å². The van der Waals surface area contributed by atoms with Crippen molar-refractivity contribution in [3.63, 3.8) is 0 Å². The summed E-state index contributed by atoms with van der Waals surface area (Å²) in [6.45, 7) is 7.53. The summed E-state index contributed by atoms with van der Waals surface area (Å²) in [6, 6.07) is -0.373. The van der Waals surface area contributed by atoms with Crippen molar-refractivity contribution in [3.8, 4) is 0 Å². The van der Waals surface area contributed by atoms with Gasteiger partial charge in [-0.3, -0.25) is 0 Å². The zero-order valence-electron chi connectivity index (χ0n) is 8.68. The Bertz CT molecular complexity index is 192. The van der Waals surface area contributed by atoms with Gasteiger partial charge in [0, 0.05) is 14.2 Å².